The van der Waals surface area contributed by atoms with Crippen LogP contribution >= 0.6 is 0 Å². The van der Waals surface area contributed by atoms with Crippen LogP contribution in [0.3, 0.4) is 0 Å². The van der Waals surface area contributed by atoms with Gasteiger partial charge in [0.15, 0.2) is 0 Å². The second kappa shape index (κ2) is 6.18. The van der Waals surface area contributed by atoms with Gasteiger partial charge in [-0.2, -0.15) is 0 Å². The fourth-order valence-corrected chi connectivity index (χ4v) is 3.74. The summed E-state index contributed by atoms with van der Waals surface area (Å²) >= 11 is 0. The van der Waals surface area contributed by atoms with Crippen LogP contribution in [0.5, 0.6) is 0 Å². The van der Waals surface area contributed by atoms with Gasteiger partial charge in [-0.1, -0.05) is 25.3 Å². The number of carbonyl (C=O) groups excluding carboxylic acids is 1. The van der Waals surface area contributed by atoms with Crippen molar-refractivity contribution in [2.45, 2.75) is 63.3 Å². The van der Waals surface area contributed by atoms with Crippen molar-refractivity contribution >= 4 is 5.91 Å². The maximum Gasteiger partial charge on any atom is 0.251 e. The molecule has 0 heterocycles. The van der Waals surface area contributed by atoms with Crippen LogP contribution in [0.25, 0.3) is 0 Å². The van der Waals surface area contributed by atoms with E-state index >= 15 is 0 Å². The molecule has 21 heavy (non-hydrogen) atoms. The first-order chi connectivity index (χ1) is 10.2. The zero-order valence-electron chi connectivity index (χ0n) is 12.7. The van der Waals surface area contributed by atoms with Gasteiger partial charge in [-0.3, -0.25) is 4.79 Å². The Labute approximate surface area is 126 Å². The molecule has 1 saturated carbocycles. The van der Waals surface area contributed by atoms with Crippen LogP contribution in [0, 0.1) is 0 Å². The molecule has 1 amide bonds. The molecule has 3 heteroatoms. The summed E-state index contributed by atoms with van der Waals surface area (Å²) in [6, 6.07) is 6.10. The molecule has 1 aromatic carbocycles. The summed E-state index contributed by atoms with van der Waals surface area (Å²) in [5, 5.41) is 12.8. The van der Waals surface area contributed by atoms with E-state index in [1.54, 1.807) is 0 Å². The third kappa shape index (κ3) is 3.13. The number of carbonyl (C=O) groups is 1. The molecule has 2 aliphatic carbocycles. The van der Waals surface area contributed by atoms with E-state index in [9.17, 15) is 9.90 Å². The molecule has 0 radical (unpaired) electrons. The summed E-state index contributed by atoms with van der Waals surface area (Å²) in [5.74, 6) is -0.0284. The molecule has 0 bridgehead atoms. The molecule has 2 aliphatic rings. The maximum atomic E-state index is 12.5. The molecular formula is C18H25NO2. The van der Waals surface area contributed by atoms with E-state index in [0.717, 1.165) is 44.1 Å². The lowest BCUT2D eigenvalue weighted by Gasteiger charge is -2.36. The van der Waals surface area contributed by atoms with Crippen molar-refractivity contribution in [2.24, 2.45) is 0 Å². The molecule has 0 saturated heterocycles. The topological polar surface area (TPSA) is 49.3 Å². The molecule has 0 aromatic heterocycles. The van der Waals surface area contributed by atoms with Gasteiger partial charge in [0.1, 0.15) is 0 Å². The minimum atomic E-state index is -0.398. The minimum absolute atomic E-state index is 0.0284. The molecule has 2 N–H and O–H groups in total. The number of amides is 1. The smallest absolute Gasteiger partial charge is 0.251 e. The molecule has 3 nitrogen and oxygen atoms in total. The first-order valence-corrected chi connectivity index (χ1v) is 8.28. The molecule has 0 spiro atoms. The van der Waals surface area contributed by atoms with Crippen molar-refractivity contribution in [3.8, 4) is 0 Å². The van der Waals surface area contributed by atoms with Crippen molar-refractivity contribution in [1.29, 1.82) is 0 Å². The second-order valence-electron chi connectivity index (χ2n) is 6.64. The first kappa shape index (κ1) is 14.6. The van der Waals surface area contributed by atoms with Gasteiger partial charge in [0.25, 0.3) is 5.91 Å². The third-order valence-electron chi connectivity index (χ3n) is 5.10. The predicted octanol–water partition coefficient (Wildman–Crippen LogP) is 2.99. The van der Waals surface area contributed by atoms with E-state index in [1.807, 2.05) is 6.07 Å². The average molecular weight is 287 g/mol. The number of aryl methyl sites for hydroxylation is 2. The lowest BCUT2D eigenvalue weighted by molar-refractivity contribution is 0.0758. The normalized spacial score (nSPS) is 20.6. The summed E-state index contributed by atoms with van der Waals surface area (Å²) in [6.07, 6.45) is 9.86. The highest BCUT2D eigenvalue weighted by Gasteiger charge is 2.33. The molecule has 114 valence electrons. The third-order valence-corrected chi connectivity index (χ3v) is 5.10. The first-order valence-electron chi connectivity index (χ1n) is 8.28. The summed E-state index contributed by atoms with van der Waals surface area (Å²) in [4.78, 5) is 12.5. The van der Waals surface area contributed by atoms with Crippen LogP contribution < -0.4 is 5.32 Å². The van der Waals surface area contributed by atoms with E-state index in [1.165, 1.54) is 30.4 Å². The summed E-state index contributed by atoms with van der Waals surface area (Å²) in [5.41, 5.74) is 3.07. The Hall–Kier alpha value is -1.35. The maximum absolute atomic E-state index is 12.5. The van der Waals surface area contributed by atoms with Gasteiger partial charge in [0.05, 0.1) is 12.1 Å². The Morgan fingerprint density at radius 2 is 1.76 bits per heavy atom. The molecular weight excluding hydrogens is 262 g/mol. The number of benzene rings is 1. The fourth-order valence-electron chi connectivity index (χ4n) is 3.74. The Morgan fingerprint density at radius 3 is 2.48 bits per heavy atom. The number of aliphatic hydroxyl groups excluding tert-OH is 1. The number of rotatable bonds is 3. The van der Waals surface area contributed by atoms with E-state index in [2.05, 4.69) is 17.4 Å². The number of fused-ring (bicyclic) bond motifs is 1. The SMILES string of the molecule is O=C(NC1(CO)CCCCC1)c1ccc2c(c1)CCCC2. The highest BCUT2D eigenvalue weighted by Crippen LogP contribution is 2.28. The van der Waals surface area contributed by atoms with Crippen molar-refractivity contribution in [3.05, 3.63) is 34.9 Å². The van der Waals surface area contributed by atoms with Crippen LogP contribution in [-0.2, 0) is 12.8 Å². The Balaban J connectivity index is 1.75. The van der Waals surface area contributed by atoms with Crippen LogP contribution in [-0.4, -0.2) is 23.2 Å². The lowest BCUT2D eigenvalue weighted by Crippen LogP contribution is -2.52. The van der Waals surface area contributed by atoms with Gasteiger partial charge >= 0.3 is 0 Å². The van der Waals surface area contributed by atoms with Crippen LogP contribution in [0.2, 0.25) is 0 Å². The Bertz CT molecular complexity index is 518. The summed E-state index contributed by atoms with van der Waals surface area (Å²) in [6.45, 7) is 0.0453. The van der Waals surface area contributed by atoms with Gasteiger partial charge in [0.2, 0.25) is 0 Å². The highest BCUT2D eigenvalue weighted by molar-refractivity contribution is 5.95. The van der Waals surface area contributed by atoms with Crippen molar-refractivity contribution in [2.75, 3.05) is 6.61 Å². The van der Waals surface area contributed by atoms with Crippen molar-refractivity contribution in [1.82, 2.24) is 5.32 Å². The summed E-state index contributed by atoms with van der Waals surface area (Å²) in [7, 11) is 0. The fraction of sp³-hybridized carbons (Fsp3) is 0.611. The minimum Gasteiger partial charge on any atom is -0.394 e. The molecule has 1 fully saturated rings. The van der Waals surface area contributed by atoms with Crippen LogP contribution in [0.4, 0.5) is 0 Å². The van der Waals surface area contributed by atoms with Crippen LogP contribution in [0.15, 0.2) is 18.2 Å². The highest BCUT2D eigenvalue weighted by atomic mass is 16.3. The van der Waals surface area contributed by atoms with E-state index in [0.29, 0.717) is 0 Å². The van der Waals surface area contributed by atoms with Gasteiger partial charge in [-0.05, 0) is 61.8 Å². The Kier molecular flexibility index (Phi) is 4.29. The zero-order chi connectivity index (χ0) is 14.7. The number of hydrogen-bond acceptors (Lipinski definition) is 2. The average Bonchev–Trinajstić information content (AvgIpc) is 2.55. The Morgan fingerprint density at radius 1 is 1.05 bits per heavy atom. The number of hydrogen-bond donors (Lipinski definition) is 2. The number of nitrogens with one attached hydrogen (secondary N) is 1. The van der Waals surface area contributed by atoms with E-state index in [-0.39, 0.29) is 12.5 Å². The van der Waals surface area contributed by atoms with Crippen molar-refractivity contribution in [3.63, 3.8) is 0 Å². The standard InChI is InChI=1S/C18H25NO2/c20-13-18(10-4-1-5-11-18)19-17(21)16-9-8-14-6-2-3-7-15(14)12-16/h8-9,12,20H,1-7,10-11,13H2,(H,19,21). The van der Waals surface area contributed by atoms with Crippen LogP contribution in [0.1, 0.15) is 66.4 Å². The van der Waals surface area contributed by atoms with Gasteiger partial charge in [0, 0.05) is 5.56 Å². The molecule has 0 atom stereocenters. The second-order valence-corrected chi connectivity index (χ2v) is 6.64. The molecule has 1 aromatic rings. The van der Waals surface area contributed by atoms with E-state index in [4.69, 9.17) is 0 Å². The molecule has 3 rings (SSSR count). The zero-order valence-corrected chi connectivity index (χ0v) is 12.7. The van der Waals surface area contributed by atoms with Gasteiger partial charge < -0.3 is 10.4 Å². The number of aliphatic hydroxyl groups is 1. The predicted molar refractivity (Wildman–Crippen MR) is 83.5 cm³/mol. The van der Waals surface area contributed by atoms with Crippen molar-refractivity contribution < 1.29 is 9.90 Å². The summed E-state index contributed by atoms with van der Waals surface area (Å²) < 4.78 is 0. The largest absolute Gasteiger partial charge is 0.394 e. The molecule has 0 unspecified atom stereocenters. The van der Waals surface area contributed by atoms with E-state index < -0.39 is 5.54 Å². The molecule has 0 aliphatic heterocycles. The monoisotopic (exact) mass is 287 g/mol. The van der Waals surface area contributed by atoms with Gasteiger partial charge in [-0.15, -0.1) is 0 Å². The quantitative estimate of drug-likeness (QED) is 0.898. The lowest BCUT2D eigenvalue weighted by atomic mass is 9.82. The van der Waals surface area contributed by atoms with Gasteiger partial charge in [-0.25, -0.2) is 0 Å².